The maximum absolute atomic E-state index is 11.9. The van der Waals surface area contributed by atoms with E-state index in [-0.39, 0.29) is 11.6 Å². The summed E-state index contributed by atoms with van der Waals surface area (Å²) in [5.74, 6) is -1.29. The van der Waals surface area contributed by atoms with Gasteiger partial charge in [-0.3, -0.25) is 4.79 Å². The molecule has 2 rings (SSSR count). The predicted molar refractivity (Wildman–Crippen MR) is 55.8 cm³/mol. The third-order valence-electron chi connectivity index (χ3n) is 2.24. The van der Waals surface area contributed by atoms with E-state index in [9.17, 15) is 9.59 Å². The molecule has 0 radical (unpaired) electrons. The van der Waals surface area contributed by atoms with E-state index in [1.54, 1.807) is 4.90 Å². The van der Waals surface area contributed by atoms with E-state index in [1.807, 2.05) is 0 Å². The van der Waals surface area contributed by atoms with Crippen molar-refractivity contribution in [3.63, 3.8) is 0 Å². The highest BCUT2D eigenvalue weighted by Gasteiger charge is 2.21. The van der Waals surface area contributed by atoms with Crippen molar-refractivity contribution < 1.29 is 19.4 Å². The summed E-state index contributed by atoms with van der Waals surface area (Å²) >= 11 is 0.917. The summed E-state index contributed by atoms with van der Waals surface area (Å²) < 4.78 is 8.82. The van der Waals surface area contributed by atoms with E-state index in [2.05, 4.69) is 4.37 Å². The number of rotatable bonds is 2. The summed E-state index contributed by atoms with van der Waals surface area (Å²) in [7, 11) is 0. The fourth-order valence-electron chi connectivity index (χ4n) is 1.40. The largest absolute Gasteiger partial charge is 0.476 e. The molecule has 0 bridgehead atoms. The van der Waals surface area contributed by atoms with E-state index in [0.29, 0.717) is 31.2 Å². The lowest BCUT2D eigenvalue weighted by atomic mass is 10.3. The highest BCUT2D eigenvalue weighted by Crippen LogP contribution is 2.14. The molecule has 1 saturated heterocycles. The van der Waals surface area contributed by atoms with Gasteiger partial charge in [0.05, 0.1) is 13.2 Å². The number of carbonyl (C=O) groups excluding carboxylic acids is 1. The molecule has 1 fully saturated rings. The standard InChI is InChI=1S/C9H10N2O4S/c12-8(11-1-3-15-4-2-11)7-5-6(9(13)14)10-16-7/h5H,1-4H2,(H,13,14). The number of amides is 1. The summed E-state index contributed by atoms with van der Waals surface area (Å²) in [5, 5.41) is 8.69. The van der Waals surface area contributed by atoms with Crippen LogP contribution in [0.3, 0.4) is 0 Å². The molecule has 1 aromatic rings. The minimum absolute atomic E-state index is 0.0818. The van der Waals surface area contributed by atoms with Gasteiger partial charge >= 0.3 is 5.97 Å². The first-order chi connectivity index (χ1) is 7.68. The third kappa shape index (κ3) is 2.20. The number of ether oxygens (including phenoxy) is 1. The Morgan fingerprint density at radius 3 is 2.69 bits per heavy atom. The van der Waals surface area contributed by atoms with Crippen LogP contribution in [0.15, 0.2) is 6.07 Å². The molecule has 1 aliphatic rings. The molecule has 1 amide bonds. The number of carboxylic acids is 1. The molecule has 1 aromatic heterocycles. The lowest BCUT2D eigenvalue weighted by molar-refractivity contribution is 0.0306. The summed E-state index contributed by atoms with van der Waals surface area (Å²) in [6.45, 7) is 2.13. The molecule has 86 valence electrons. The van der Waals surface area contributed by atoms with E-state index in [4.69, 9.17) is 9.84 Å². The zero-order valence-electron chi connectivity index (χ0n) is 8.38. The minimum atomic E-state index is -1.11. The lowest BCUT2D eigenvalue weighted by Gasteiger charge is -2.26. The first-order valence-electron chi connectivity index (χ1n) is 4.75. The van der Waals surface area contributed by atoms with Crippen LogP contribution in [0.2, 0.25) is 0 Å². The van der Waals surface area contributed by atoms with Crippen molar-refractivity contribution in [3.8, 4) is 0 Å². The Labute approximate surface area is 95.6 Å². The Morgan fingerprint density at radius 1 is 1.44 bits per heavy atom. The zero-order valence-corrected chi connectivity index (χ0v) is 9.20. The van der Waals surface area contributed by atoms with Crippen molar-refractivity contribution in [1.82, 2.24) is 9.27 Å². The second kappa shape index (κ2) is 4.58. The number of hydrogen-bond acceptors (Lipinski definition) is 5. The van der Waals surface area contributed by atoms with E-state index in [0.717, 1.165) is 11.5 Å². The molecule has 0 saturated carbocycles. The van der Waals surface area contributed by atoms with Crippen molar-refractivity contribution in [2.75, 3.05) is 26.3 Å². The molecule has 0 spiro atoms. The Bertz CT molecular complexity index is 411. The van der Waals surface area contributed by atoms with Crippen LogP contribution in [0.25, 0.3) is 0 Å². The van der Waals surface area contributed by atoms with Crippen LogP contribution in [0.4, 0.5) is 0 Å². The van der Waals surface area contributed by atoms with Gasteiger partial charge in [-0.1, -0.05) is 0 Å². The van der Waals surface area contributed by atoms with Crippen molar-refractivity contribution in [1.29, 1.82) is 0 Å². The Balaban J connectivity index is 2.10. The monoisotopic (exact) mass is 242 g/mol. The smallest absolute Gasteiger partial charge is 0.355 e. The lowest BCUT2D eigenvalue weighted by Crippen LogP contribution is -2.40. The number of carboxylic acid groups (broad SMARTS) is 1. The molecule has 1 aliphatic heterocycles. The zero-order chi connectivity index (χ0) is 11.5. The van der Waals surface area contributed by atoms with E-state index < -0.39 is 5.97 Å². The van der Waals surface area contributed by atoms with E-state index >= 15 is 0 Å². The average Bonchev–Trinajstić information content (AvgIpc) is 2.78. The fraction of sp³-hybridized carbons (Fsp3) is 0.444. The maximum Gasteiger partial charge on any atom is 0.355 e. The molecule has 0 atom stereocenters. The van der Waals surface area contributed by atoms with Gasteiger partial charge in [-0.05, 0) is 17.6 Å². The molecular formula is C9H10N2O4S. The predicted octanol–water partition coefficient (Wildman–Crippen LogP) is 0.314. The SMILES string of the molecule is O=C(O)c1cc(C(=O)N2CCOCC2)sn1. The molecular weight excluding hydrogens is 232 g/mol. The summed E-state index contributed by atoms with van der Waals surface area (Å²) in [4.78, 5) is 24.5. The number of morpholine rings is 1. The quantitative estimate of drug-likeness (QED) is 0.807. The first-order valence-corrected chi connectivity index (χ1v) is 5.53. The summed E-state index contributed by atoms with van der Waals surface area (Å²) in [5.41, 5.74) is -0.0818. The highest BCUT2D eigenvalue weighted by molar-refractivity contribution is 7.08. The highest BCUT2D eigenvalue weighted by atomic mass is 32.1. The number of carbonyl (C=O) groups is 2. The second-order valence-corrected chi connectivity index (χ2v) is 4.09. The normalized spacial score (nSPS) is 16.1. The van der Waals surface area contributed by atoms with Crippen LogP contribution >= 0.6 is 11.5 Å². The van der Waals surface area contributed by atoms with Crippen LogP contribution in [-0.4, -0.2) is 52.6 Å². The van der Waals surface area contributed by atoms with Crippen LogP contribution in [0, 0.1) is 0 Å². The molecule has 0 aromatic carbocycles. The van der Waals surface area contributed by atoms with Gasteiger partial charge in [-0.2, -0.15) is 4.37 Å². The van der Waals surface area contributed by atoms with E-state index in [1.165, 1.54) is 6.07 Å². The van der Waals surface area contributed by atoms with Crippen LogP contribution in [0.1, 0.15) is 20.2 Å². The van der Waals surface area contributed by atoms with Gasteiger partial charge in [-0.15, -0.1) is 0 Å². The number of nitrogens with zero attached hydrogens (tertiary/aromatic N) is 2. The van der Waals surface area contributed by atoms with Gasteiger partial charge < -0.3 is 14.7 Å². The minimum Gasteiger partial charge on any atom is -0.476 e. The molecule has 2 heterocycles. The van der Waals surface area contributed by atoms with Crippen LogP contribution in [-0.2, 0) is 4.74 Å². The van der Waals surface area contributed by atoms with Crippen LogP contribution < -0.4 is 0 Å². The van der Waals surface area contributed by atoms with Gasteiger partial charge in [0, 0.05) is 13.1 Å². The molecule has 6 nitrogen and oxygen atoms in total. The Hall–Kier alpha value is -1.47. The Kier molecular flexibility index (Phi) is 3.16. The van der Waals surface area contributed by atoms with Gasteiger partial charge in [-0.25, -0.2) is 4.79 Å². The first kappa shape index (κ1) is 11.0. The summed E-state index contributed by atoms with van der Waals surface area (Å²) in [6, 6.07) is 1.31. The number of aromatic nitrogens is 1. The number of aromatic carboxylic acids is 1. The molecule has 0 unspecified atom stereocenters. The molecule has 16 heavy (non-hydrogen) atoms. The van der Waals surface area contributed by atoms with Crippen molar-refractivity contribution in [2.45, 2.75) is 0 Å². The van der Waals surface area contributed by atoms with Gasteiger partial charge in [0.2, 0.25) is 0 Å². The summed E-state index contributed by atoms with van der Waals surface area (Å²) in [6.07, 6.45) is 0. The molecule has 7 heteroatoms. The van der Waals surface area contributed by atoms with Gasteiger partial charge in [0.25, 0.3) is 5.91 Å². The third-order valence-corrected chi connectivity index (χ3v) is 3.02. The van der Waals surface area contributed by atoms with Crippen LogP contribution in [0.5, 0.6) is 0 Å². The molecule has 0 aliphatic carbocycles. The topological polar surface area (TPSA) is 79.7 Å². The van der Waals surface area contributed by atoms with Gasteiger partial charge in [0.1, 0.15) is 4.88 Å². The average molecular weight is 242 g/mol. The maximum atomic E-state index is 11.9. The molecule has 1 N–H and O–H groups in total. The van der Waals surface area contributed by atoms with Crippen molar-refractivity contribution in [3.05, 3.63) is 16.6 Å². The van der Waals surface area contributed by atoms with Gasteiger partial charge in [0.15, 0.2) is 5.69 Å². The fourth-order valence-corrected chi connectivity index (χ4v) is 2.10. The second-order valence-electron chi connectivity index (χ2n) is 3.29. The van der Waals surface area contributed by atoms with Crippen molar-refractivity contribution >= 4 is 23.4 Å². The number of hydrogen-bond donors (Lipinski definition) is 1. The Morgan fingerprint density at radius 2 is 2.12 bits per heavy atom. The van der Waals surface area contributed by atoms with Crippen molar-refractivity contribution in [2.24, 2.45) is 0 Å².